The third-order valence-electron chi connectivity index (χ3n) is 1.29. The fourth-order valence-corrected chi connectivity index (χ4v) is 0.794. The molecular weight excluding hydrogens is 124 g/mol. The Bertz CT molecular complexity index is 208. The average Bonchev–Trinajstić information content (AvgIpc) is 1.94. The molecule has 0 aliphatic rings. The summed E-state index contributed by atoms with van der Waals surface area (Å²) in [5.74, 6) is 0. The summed E-state index contributed by atoms with van der Waals surface area (Å²) in [5.41, 5.74) is 2.01. The lowest BCUT2D eigenvalue weighted by Gasteiger charge is -2.03. The van der Waals surface area contributed by atoms with Crippen LogP contribution in [0.5, 0.6) is 0 Å². The van der Waals surface area contributed by atoms with Crippen LogP contribution in [0.25, 0.3) is 0 Å². The van der Waals surface area contributed by atoms with Gasteiger partial charge in [-0.15, -0.1) is 0 Å². The first-order valence-corrected chi connectivity index (χ1v) is 3.41. The number of aryl methyl sites for hydroxylation is 1. The fourth-order valence-electron chi connectivity index (χ4n) is 0.794. The predicted octanol–water partition coefficient (Wildman–Crippen LogP) is 1.62. The molecule has 1 aromatic rings. The first kappa shape index (κ1) is 7.06. The van der Waals surface area contributed by atoms with E-state index in [4.69, 9.17) is 0 Å². The Balaban J connectivity index is 2.81. The molecule has 0 atom stereocenters. The summed E-state index contributed by atoms with van der Waals surface area (Å²) in [6.45, 7) is 4.94. The third-order valence-corrected chi connectivity index (χ3v) is 1.29. The van der Waals surface area contributed by atoms with E-state index in [1.165, 1.54) is 0 Å². The predicted molar refractivity (Wildman–Crippen MR) is 42.0 cm³/mol. The average molecular weight is 135 g/mol. The molecule has 53 valence electrons. The summed E-state index contributed by atoms with van der Waals surface area (Å²) in [4.78, 5) is 4.10. The largest absolute Gasteiger partial charge is 0.383 e. The lowest BCUT2D eigenvalue weighted by Crippen LogP contribution is -1.99. The van der Waals surface area contributed by atoms with Gasteiger partial charge in [0.15, 0.2) is 0 Å². The maximum absolute atomic E-state index is 4.10. The van der Waals surface area contributed by atoms with Gasteiger partial charge in [-0.3, -0.25) is 4.98 Å². The highest BCUT2D eigenvalue weighted by molar-refractivity contribution is 5.45. The van der Waals surface area contributed by atoms with Crippen LogP contribution < -0.4 is 5.32 Å². The zero-order chi connectivity index (χ0) is 7.40. The number of nitrogens with one attached hydrogen (secondary N) is 1. The van der Waals surface area contributed by atoms with Gasteiger partial charge in [0.25, 0.3) is 0 Å². The highest BCUT2D eigenvalue weighted by Gasteiger charge is 1.93. The number of hydrogen-bond acceptors (Lipinski definition) is 2. The molecule has 0 aliphatic carbocycles. The Morgan fingerprint density at radius 1 is 1.70 bits per heavy atom. The SMILES string of the molecule is CCNc1[c]ccnc1C. The van der Waals surface area contributed by atoms with Crippen molar-refractivity contribution in [2.24, 2.45) is 0 Å². The van der Waals surface area contributed by atoms with Crippen molar-refractivity contribution in [2.75, 3.05) is 11.9 Å². The van der Waals surface area contributed by atoms with Crippen LogP contribution in [0.1, 0.15) is 12.6 Å². The van der Waals surface area contributed by atoms with Gasteiger partial charge < -0.3 is 5.32 Å². The first-order valence-electron chi connectivity index (χ1n) is 3.41. The molecule has 2 nitrogen and oxygen atoms in total. The van der Waals surface area contributed by atoms with Crippen LogP contribution in [0, 0.1) is 13.0 Å². The molecule has 1 aromatic heterocycles. The van der Waals surface area contributed by atoms with Gasteiger partial charge in [-0.1, -0.05) is 0 Å². The molecule has 0 saturated heterocycles. The van der Waals surface area contributed by atoms with Crippen LogP contribution in [0.3, 0.4) is 0 Å². The molecule has 1 N–H and O–H groups in total. The van der Waals surface area contributed by atoms with Gasteiger partial charge in [-0.2, -0.15) is 0 Å². The van der Waals surface area contributed by atoms with Crippen LogP contribution >= 0.6 is 0 Å². The van der Waals surface area contributed by atoms with Crippen molar-refractivity contribution in [3.8, 4) is 0 Å². The zero-order valence-corrected chi connectivity index (χ0v) is 6.31. The minimum Gasteiger partial charge on any atom is -0.383 e. The molecule has 0 spiro atoms. The van der Waals surface area contributed by atoms with Gasteiger partial charge in [0, 0.05) is 18.8 Å². The fraction of sp³-hybridized carbons (Fsp3) is 0.375. The van der Waals surface area contributed by atoms with E-state index in [-0.39, 0.29) is 0 Å². The Hall–Kier alpha value is -1.05. The highest BCUT2D eigenvalue weighted by Crippen LogP contribution is 2.07. The second-order valence-electron chi connectivity index (χ2n) is 2.08. The second kappa shape index (κ2) is 3.20. The van der Waals surface area contributed by atoms with Crippen molar-refractivity contribution >= 4 is 5.69 Å². The van der Waals surface area contributed by atoms with E-state index >= 15 is 0 Å². The zero-order valence-electron chi connectivity index (χ0n) is 6.31. The minimum absolute atomic E-state index is 0.920. The van der Waals surface area contributed by atoms with E-state index in [0.717, 1.165) is 17.9 Å². The molecule has 0 saturated carbocycles. The Kier molecular flexibility index (Phi) is 2.26. The Morgan fingerprint density at radius 2 is 2.50 bits per heavy atom. The third kappa shape index (κ3) is 1.47. The molecule has 0 bridgehead atoms. The van der Waals surface area contributed by atoms with Gasteiger partial charge in [0.2, 0.25) is 0 Å². The van der Waals surface area contributed by atoms with E-state index in [1.807, 2.05) is 13.0 Å². The molecule has 1 rings (SSSR count). The normalized spacial score (nSPS) is 9.40. The standard InChI is InChI=1S/C8H11N2/c1-3-9-8-5-4-6-10-7(8)2/h4,6,9H,3H2,1-2H3. The number of aromatic nitrogens is 1. The number of anilines is 1. The smallest absolute Gasteiger partial charge is 0.0636 e. The number of pyridine rings is 1. The molecule has 0 aromatic carbocycles. The topological polar surface area (TPSA) is 24.9 Å². The van der Waals surface area contributed by atoms with Gasteiger partial charge in [0.05, 0.1) is 11.4 Å². The lowest BCUT2D eigenvalue weighted by atomic mass is 10.3. The summed E-state index contributed by atoms with van der Waals surface area (Å²) >= 11 is 0. The maximum atomic E-state index is 4.10. The summed E-state index contributed by atoms with van der Waals surface area (Å²) < 4.78 is 0. The van der Waals surface area contributed by atoms with E-state index < -0.39 is 0 Å². The second-order valence-corrected chi connectivity index (χ2v) is 2.08. The Labute approximate surface area is 61.3 Å². The molecule has 0 amide bonds. The van der Waals surface area contributed by atoms with E-state index in [9.17, 15) is 0 Å². The van der Waals surface area contributed by atoms with Gasteiger partial charge in [0.1, 0.15) is 0 Å². The van der Waals surface area contributed by atoms with Crippen LogP contribution in [-0.4, -0.2) is 11.5 Å². The molecule has 2 heteroatoms. The van der Waals surface area contributed by atoms with Gasteiger partial charge in [-0.25, -0.2) is 0 Å². The highest BCUT2D eigenvalue weighted by atomic mass is 14.9. The molecule has 0 fully saturated rings. The summed E-state index contributed by atoms with van der Waals surface area (Å²) in [5, 5.41) is 3.16. The molecular formula is C8H11N2. The van der Waals surface area contributed by atoms with Crippen LogP contribution in [0.15, 0.2) is 12.3 Å². The monoisotopic (exact) mass is 135 g/mol. The molecule has 1 radical (unpaired) electrons. The molecule has 0 unspecified atom stereocenters. The summed E-state index contributed by atoms with van der Waals surface area (Å²) in [6, 6.07) is 4.87. The van der Waals surface area contributed by atoms with Gasteiger partial charge in [-0.05, 0) is 19.9 Å². The lowest BCUT2D eigenvalue weighted by molar-refractivity contribution is 1.14. The van der Waals surface area contributed by atoms with Crippen molar-refractivity contribution in [2.45, 2.75) is 13.8 Å². The van der Waals surface area contributed by atoms with E-state index in [1.54, 1.807) is 6.20 Å². The van der Waals surface area contributed by atoms with E-state index in [0.29, 0.717) is 0 Å². The van der Waals surface area contributed by atoms with Crippen LogP contribution in [-0.2, 0) is 0 Å². The van der Waals surface area contributed by atoms with Crippen molar-refractivity contribution in [1.82, 2.24) is 4.98 Å². The number of hydrogen-bond donors (Lipinski definition) is 1. The van der Waals surface area contributed by atoms with Crippen LogP contribution in [0.4, 0.5) is 5.69 Å². The van der Waals surface area contributed by atoms with E-state index in [2.05, 4.69) is 23.3 Å². The van der Waals surface area contributed by atoms with Crippen molar-refractivity contribution in [3.63, 3.8) is 0 Å². The Morgan fingerprint density at radius 3 is 3.10 bits per heavy atom. The molecule has 10 heavy (non-hydrogen) atoms. The summed E-state index contributed by atoms with van der Waals surface area (Å²) in [7, 11) is 0. The van der Waals surface area contributed by atoms with Crippen LogP contribution in [0.2, 0.25) is 0 Å². The summed E-state index contributed by atoms with van der Waals surface area (Å²) in [6.07, 6.45) is 1.75. The van der Waals surface area contributed by atoms with Gasteiger partial charge >= 0.3 is 0 Å². The molecule has 1 heterocycles. The molecule has 0 aliphatic heterocycles. The minimum atomic E-state index is 0.920. The van der Waals surface area contributed by atoms with Crippen molar-refractivity contribution in [3.05, 3.63) is 24.0 Å². The quantitative estimate of drug-likeness (QED) is 0.666. The van der Waals surface area contributed by atoms with Crippen molar-refractivity contribution < 1.29 is 0 Å². The number of nitrogens with zero attached hydrogens (tertiary/aromatic N) is 1. The maximum Gasteiger partial charge on any atom is 0.0636 e. The first-order chi connectivity index (χ1) is 4.84. The number of rotatable bonds is 2. The van der Waals surface area contributed by atoms with Crippen molar-refractivity contribution in [1.29, 1.82) is 0 Å².